The Hall–Kier alpha value is -2.98. The lowest BCUT2D eigenvalue weighted by atomic mass is 9.88. The molecular weight excluding hydrogens is 410 g/mol. The minimum absolute atomic E-state index is 0.474. The second-order valence-corrected chi connectivity index (χ2v) is 8.77. The number of fused-ring (bicyclic) bond motifs is 1. The monoisotopic (exact) mass is 446 g/mol. The zero-order chi connectivity index (χ0) is 23.0. The van der Waals surface area contributed by atoms with E-state index in [1.54, 1.807) is 0 Å². The summed E-state index contributed by atoms with van der Waals surface area (Å²) in [4.78, 5) is 2.50. The smallest absolute Gasteiger partial charge is 0.257 e. The molecule has 33 heavy (non-hydrogen) atoms. The van der Waals surface area contributed by atoms with Crippen molar-refractivity contribution in [3.63, 3.8) is 0 Å². The predicted octanol–water partition coefficient (Wildman–Crippen LogP) is 5.90. The Morgan fingerprint density at radius 1 is 1.06 bits per heavy atom. The van der Waals surface area contributed by atoms with E-state index in [2.05, 4.69) is 54.3 Å². The van der Waals surface area contributed by atoms with Crippen molar-refractivity contribution >= 4 is 5.57 Å². The molecule has 2 aromatic rings. The summed E-state index contributed by atoms with van der Waals surface area (Å²) in [6.45, 7) is 8.78. The Kier molecular flexibility index (Phi) is 7.90. The van der Waals surface area contributed by atoms with Gasteiger partial charge in [0.2, 0.25) is 0 Å². The van der Waals surface area contributed by atoms with Crippen molar-refractivity contribution < 1.29 is 14.6 Å². The van der Waals surface area contributed by atoms with E-state index in [-0.39, 0.29) is 0 Å². The Bertz CT molecular complexity index is 1030. The highest BCUT2D eigenvalue weighted by Crippen LogP contribution is 2.39. The maximum atomic E-state index is 7.97. The molecule has 0 amide bonds. The normalized spacial score (nSPS) is 17.2. The first-order valence-electron chi connectivity index (χ1n) is 12.1. The van der Waals surface area contributed by atoms with Crippen LogP contribution in [-0.2, 0) is 6.42 Å². The zero-order valence-electron chi connectivity index (χ0n) is 19.9. The molecule has 0 radical (unpaired) electrons. The van der Waals surface area contributed by atoms with Crippen molar-refractivity contribution in [2.45, 2.75) is 39.5 Å². The number of ether oxygens (including phenoxy) is 2. The molecule has 0 atom stereocenters. The summed E-state index contributed by atoms with van der Waals surface area (Å²) in [6.07, 6.45) is 11.1. The Morgan fingerprint density at radius 2 is 1.85 bits per heavy atom. The van der Waals surface area contributed by atoms with Crippen LogP contribution < -0.4 is 9.47 Å². The lowest BCUT2D eigenvalue weighted by Gasteiger charge is -2.26. The zero-order valence-corrected chi connectivity index (χ0v) is 19.9. The lowest BCUT2D eigenvalue weighted by molar-refractivity contribution is 0.183. The number of likely N-dealkylation sites (tertiary alicyclic amines) is 1. The summed E-state index contributed by atoms with van der Waals surface area (Å²) >= 11 is 0. The third-order valence-electron chi connectivity index (χ3n) is 6.48. The van der Waals surface area contributed by atoms with Crippen LogP contribution in [0, 0.1) is 0 Å². The molecule has 174 valence electrons. The SMILES string of the molecule is C/C=C\C(=C/C)C1=C(Cc2ccc(OCCN3CCCCC3)cc2)c2ccc([OH2+])cc2OC1. The third kappa shape index (κ3) is 5.88. The average molecular weight is 447 g/mol. The first kappa shape index (κ1) is 23.2. The fourth-order valence-electron chi connectivity index (χ4n) is 4.68. The van der Waals surface area contributed by atoms with Gasteiger partial charge < -0.3 is 14.6 Å². The summed E-state index contributed by atoms with van der Waals surface area (Å²) in [5.41, 5.74) is 5.98. The number of benzene rings is 2. The molecule has 0 aliphatic carbocycles. The molecule has 0 spiro atoms. The molecule has 1 fully saturated rings. The highest BCUT2D eigenvalue weighted by molar-refractivity contribution is 5.80. The molecule has 0 unspecified atom stereocenters. The Morgan fingerprint density at radius 3 is 2.58 bits per heavy atom. The van der Waals surface area contributed by atoms with Crippen molar-refractivity contribution in [3.8, 4) is 17.2 Å². The Balaban J connectivity index is 1.50. The lowest BCUT2D eigenvalue weighted by Crippen LogP contribution is -2.33. The molecule has 2 heterocycles. The number of piperidine rings is 1. The minimum atomic E-state index is 0.474. The first-order valence-corrected chi connectivity index (χ1v) is 12.1. The van der Waals surface area contributed by atoms with Gasteiger partial charge in [0.25, 0.3) is 5.75 Å². The largest absolute Gasteiger partial charge is 0.593 e. The summed E-state index contributed by atoms with van der Waals surface area (Å²) in [5, 5.41) is 7.97. The van der Waals surface area contributed by atoms with E-state index < -0.39 is 0 Å². The van der Waals surface area contributed by atoms with E-state index in [9.17, 15) is 0 Å². The molecule has 1 saturated heterocycles. The molecule has 0 bridgehead atoms. The van der Waals surface area contributed by atoms with Gasteiger partial charge in [-0.3, -0.25) is 4.90 Å². The summed E-state index contributed by atoms with van der Waals surface area (Å²) in [7, 11) is 0. The quantitative estimate of drug-likeness (QED) is 0.375. The first-order chi connectivity index (χ1) is 16.2. The molecule has 4 rings (SSSR count). The van der Waals surface area contributed by atoms with E-state index in [4.69, 9.17) is 14.6 Å². The van der Waals surface area contributed by atoms with Crippen molar-refractivity contribution in [3.05, 3.63) is 83.0 Å². The van der Waals surface area contributed by atoms with Gasteiger partial charge in [0, 0.05) is 23.7 Å². The maximum Gasteiger partial charge on any atom is 0.257 e. The van der Waals surface area contributed by atoms with Crippen molar-refractivity contribution in [1.82, 2.24) is 4.90 Å². The summed E-state index contributed by atoms with van der Waals surface area (Å²) in [6, 6.07) is 14.2. The van der Waals surface area contributed by atoms with Crippen LogP contribution in [-0.4, -0.2) is 42.9 Å². The van der Waals surface area contributed by atoms with Gasteiger partial charge in [0.15, 0.2) is 0 Å². The number of allylic oxidation sites excluding steroid dienone is 4. The topological polar surface area (TPSA) is 44.6 Å². The van der Waals surface area contributed by atoms with Crippen LogP contribution in [0.2, 0.25) is 0 Å². The summed E-state index contributed by atoms with van der Waals surface area (Å²) in [5.74, 6) is 2.21. The van der Waals surface area contributed by atoms with E-state index >= 15 is 0 Å². The van der Waals surface area contributed by atoms with Crippen molar-refractivity contribution in [1.29, 1.82) is 0 Å². The highest BCUT2D eigenvalue weighted by Gasteiger charge is 2.23. The van der Waals surface area contributed by atoms with Crippen LogP contribution in [0.1, 0.15) is 44.2 Å². The minimum Gasteiger partial charge on any atom is -0.593 e. The van der Waals surface area contributed by atoms with Gasteiger partial charge in [-0.1, -0.05) is 36.8 Å². The molecule has 2 N–H and O–H groups in total. The van der Waals surface area contributed by atoms with Crippen LogP contribution in [0.3, 0.4) is 0 Å². The molecule has 2 aliphatic rings. The maximum absolute atomic E-state index is 7.97. The number of rotatable bonds is 8. The van der Waals surface area contributed by atoms with Crippen LogP contribution in [0.5, 0.6) is 17.2 Å². The van der Waals surface area contributed by atoms with Gasteiger partial charge in [-0.15, -0.1) is 0 Å². The third-order valence-corrected chi connectivity index (χ3v) is 6.48. The fraction of sp³-hybridized carbons (Fsp3) is 0.379. The van der Waals surface area contributed by atoms with Gasteiger partial charge >= 0.3 is 0 Å². The van der Waals surface area contributed by atoms with Gasteiger partial charge in [0.1, 0.15) is 24.7 Å². The number of nitrogens with zero attached hydrogens (tertiary/aromatic N) is 1. The number of hydrogen-bond acceptors (Lipinski definition) is 3. The van der Waals surface area contributed by atoms with E-state index in [0.717, 1.165) is 36.6 Å². The summed E-state index contributed by atoms with van der Waals surface area (Å²) < 4.78 is 12.1. The van der Waals surface area contributed by atoms with Crippen LogP contribution in [0.4, 0.5) is 0 Å². The number of hydrogen-bond donors (Lipinski definition) is 0. The van der Waals surface area contributed by atoms with E-state index in [1.807, 2.05) is 25.1 Å². The second kappa shape index (κ2) is 11.2. The van der Waals surface area contributed by atoms with Gasteiger partial charge in [-0.25, -0.2) is 0 Å². The predicted molar refractivity (Wildman–Crippen MR) is 136 cm³/mol. The molecule has 4 heteroatoms. The molecular formula is C29H36NO3+. The molecule has 0 aromatic heterocycles. The second-order valence-electron chi connectivity index (χ2n) is 8.77. The molecule has 2 aromatic carbocycles. The standard InChI is InChI=1S/C29H35NO3/c1-3-8-23(4-2)28-21-33-29-20-24(31)11-14-26(29)27(28)19-22-9-12-25(13-10-22)32-18-17-30-15-6-5-7-16-30/h3-4,8-14,20,31H,5-7,15-19,21H2,1-2H3/p+1/b8-3-,23-4+. The van der Waals surface area contributed by atoms with E-state index in [0.29, 0.717) is 12.4 Å². The van der Waals surface area contributed by atoms with Gasteiger partial charge in [0.05, 0.1) is 6.07 Å². The Labute approximate surface area is 197 Å². The fourth-order valence-corrected chi connectivity index (χ4v) is 4.68. The molecule has 2 aliphatic heterocycles. The van der Waals surface area contributed by atoms with Crippen molar-refractivity contribution in [2.75, 3.05) is 32.8 Å². The van der Waals surface area contributed by atoms with E-state index in [1.165, 1.54) is 54.6 Å². The highest BCUT2D eigenvalue weighted by atomic mass is 16.5. The van der Waals surface area contributed by atoms with Crippen molar-refractivity contribution in [2.24, 2.45) is 0 Å². The van der Waals surface area contributed by atoms with Crippen LogP contribution in [0.25, 0.3) is 5.57 Å². The van der Waals surface area contributed by atoms with Crippen LogP contribution >= 0.6 is 0 Å². The molecule has 0 saturated carbocycles. The van der Waals surface area contributed by atoms with Gasteiger partial charge in [-0.2, -0.15) is 0 Å². The average Bonchev–Trinajstić information content (AvgIpc) is 2.84. The van der Waals surface area contributed by atoms with Gasteiger partial charge in [-0.05, 0) is 81.1 Å². The van der Waals surface area contributed by atoms with Crippen LogP contribution in [0.15, 0.2) is 71.8 Å². The molecule has 4 nitrogen and oxygen atoms in total.